The van der Waals surface area contributed by atoms with Gasteiger partial charge in [-0.25, -0.2) is 0 Å². The van der Waals surface area contributed by atoms with Crippen LogP contribution in [0.1, 0.15) is 38.3 Å². The Morgan fingerprint density at radius 1 is 1.04 bits per heavy atom. The van der Waals surface area contributed by atoms with Gasteiger partial charge in [0.2, 0.25) is 0 Å². The van der Waals surface area contributed by atoms with Crippen LogP contribution in [0.5, 0.6) is 5.75 Å². The molecule has 1 aliphatic rings. The minimum Gasteiger partial charge on any atom is -0.481 e. The van der Waals surface area contributed by atoms with Crippen LogP contribution < -0.4 is 10.5 Å². The third-order valence-corrected chi connectivity index (χ3v) is 5.76. The molecule has 0 amide bonds. The number of nitrogens with two attached hydrogens (primary N) is 1. The number of aryl methyl sites for hydroxylation is 1. The van der Waals surface area contributed by atoms with Crippen molar-refractivity contribution in [1.82, 2.24) is 0 Å². The Kier molecular flexibility index (Phi) is 5.74. The first-order chi connectivity index (χ1) is 12.4. The van der Waals surface area contributed by atoms with E-state index in [0.29, 0.717) is 18.4 Å². The van der Waals surface area contributed by atoms with Crippen molar-refractivity contribution in [3.8, 4) is 5.75 Å². The lowest BCUT2D eigenvalue weighted by Crippen LogP contribution is -2.48. The van der Waals surface area contributed by atoms with E-state index in [4.69, 9.17) is 22.1 Å². The lowest BCUT2D eigenvalue weighted by Gasteiger charge is -2.40. The summed E-state index contributed by atoms with van der Waals surface area (Å²) in [5, 5.41) is 0.785. The molecule has 2 atom stereocenters. The summed E-state index contributed by atoms with van der Waals surface area (Å²) in [5.41, 5.74) is 9.58. The molecular formula is C23H28ClNO. The number of benzene rings is 2. The molecule has 2 unspecified atom stereocenters. The number of allylic oxidation sites excluding steroid dienone is 1. The van der Waals surface area contributed by atoms with Gasteiger partial charge in [-0.3, -0.25) is 0 Å². The molecular weight excluding hydrogens is 342 g/mol. The Morgan fingerprint density at radius 3 is 2.38 bits per heavy atom. The van der Waals surface area contributed by atoms with Crippen LogP contribution in [-0.2, 0) is 6.42 Å². The number of ether oxygens (including phenoxy) is 1. The van der Waals surface area contributed by atoms with Crippen molar-refractivity contribution in [2.24, 2.45) is 17.6 Å². The molecule has 2 aromatic rings. The van der Waals surface area contributed by atoms with E-state index >= 15 is 0 Å². The van der Waals surface area contributed by atoms with Gasteiger partial charge in [0.1, 0.15) is 11.4 Å². The van der Waals surface area contributed by atoms with Gasteiger partial charge < -0.3 is 10.5 Å². The van der Waals surface area contributed by atoms with Crippen molar-refractivity contribution in [3.63, 3.8) is 0 Å². The summed E-state index contributed by atoms with van der Waals surface area (Å²) in [6, 6.07) is 16.5. The first-order valence-electron chi connectivity index (χ1n) is 9.41. The minimum atomic E-state index is -0.432. The summed E-state index contributed by atoms with van der Waals surface area (Å²) in [6.07, 6.45) is 4.38. The van der Waals surface area contributed by atoms with Crippen molar-refractivity contribution < 1.29 is 4.74 Å². The Labute approximate surface area is 162 Å². The monoisotopic (exact) mass is 369 g/mol. The molecule has 138 valence electrons. The average Bonchev–Trinajstić information content (AvgIpc) is 2.66. The lowest BCUT2D eigenvalue weighted by molar-refractivity contribution is 0.0753. The van der Waals surface area contributed by atoms with Crippen LogP contribution in [0.4, 0.5) is 0 Å². The van der Waals surface area contributed by atoms with E-state index in [1.165, 1.54) is 16.7 Å². The van der Waals surface area contributed by atoms with Gasteiger partial charge in [0, 0.05) is 17.1 Å². The number of hydrogen-bond donors (Lipinski definition) is 1. The molecule has 0 radical (unpaired) electrons. The highest BCUT2D eigenvalue weighted by molar-refractivity contribution is 6.30. The van der Waals surface area contributed by atoms with Crippen molar-refractivity contribution >= 4 is 17.2 Å². The summed E-state index contributed by atoms with van der Waals surface area (Å²) in [7, 11) is 0. The summed E-state index contributed by atoms with van der Waals surface area (Å²) in [6.45, 7) is 7.12. The fraction of sp³-hybridized carbons (Fsp3) is 0.391. The molecule has 1 heterocycles. The molecule has 3 rings (SSSR count). The quantitative estimate of drug-likeness (QED) is 0.704. The smallest absolute Gasteiger partial charge is 0.142 e. The summed E-state index contributed by atoms with van der Waals surface area (Å²) in [4.78, 5) is 0. The first-order valence-corrected chi connectivity index (χ1v) is 9.78. The fourth-order valence-corrected chi connectivity index (χ4v) is 3.71. The molecule has 2 N–H and O–H groups in total. The first kappa shape index (κ1) is 19.0. The molecule has 0 aliphatic carbocycles. The fourth-order valence-electron chi connectivity index (χ4n) is 3.59. The van der Waals surface area contributed by atoms with Crippen molar-refractivity contribution in [2.45, 2.75) is 39.2 Å². The second-order valence-electron chi connectivity index (χ2n) is 7.58. The standard InChI is InChI=1S/C23H28ClNO/c1-16(2)23(15-25)14-21(20-6-4-5-7-22(20)26-23)17(3)8-9-18-10-12-19(24)13-11-18/h4-7,10-14,16-17H,8-9,15,25H2,1-3H3. The van der Waals surface area contributed by atoms with Crippen LogP contribution in [0.2, 0.25) is 5.02 Å². The number of fused-ring (bicyclic) bond motifs is 1. The van der Waals surface area contributed by atoms with Gasteiger partial charge >= 0.3 is 0 Å². The number of halogens is 1. The van der Waals surface area contributed by atoms with Crippen molar-refractivity contribution in [2.75, 3.05) is 6.54 Å². The molecule has 0 fully saturated rings. The van der Waals surface area contributed by atoms with Crippen LogP contribution in [-0.4, -0.2) is 12.1 Å². The Bertz CT molecular complexity index is 781. The molecule has 3 heteroatoms. The summed E-state index contributed by atoms with van der Waals surface area (Å²) < 4.78 is 6.37. The SMILES string of the molecule is CC(CCc1ccc(Cl)cc1)C1=CC(CN)(C(C)C)Oc2ccccc21. The predicted octanol–water partition coefficient (Wildman–Crippen LogP) is 5.74. The Balaban J connectivity index is 1.87. The van der Waals surface area contributed by atoms with E-state index in [1.807, 2.05) is 18.2 Å². The second kappa shape index (κ2) is 7.85. The van der Waals surface area contributed by atoms with Crippen LogP contribution >= 0.6 is 11.6 Å². The maximum atomic E-state index is 6.37. The summed E-state index contributed by atoms with van der Waals surface area (Å²) >= 11 is 5.99. The minimum absolute atomic E-state index is 0.305. The number of hydrogen-bond acceptors (Lipinski definition) is 2. The topological polar surface area (TPSA) is 35.2 Å². The van der Waals surface area contributed by atoms with Crippen molar-refractivity contribution in [3.05, 3.63) is 70.8 Å². The van der Waals surface area contributed by atoms with E-state index in [0.717, 1.165) is 23.6 Å². The van der Waals surface area contributed by atoms with Crippen LogP contribution in [0.25, 0.3) is 5.57 Å². The lowest BCUT2D eigenvalue weighted by atomic mass is 9.79. The molecule has 0 spiro atoms. The van der Waals surface area contributed by atoms with E-state index in [1.54, 1.807) is 0 Å². The van der Waals surface area contributed by atoms with Crippen LogP contribution in [0.3, 0.4) is 0 Å². The van der Waals surface area contributed by atoms with Gasteiger partial charge in [-0.05, 0) is 60.1 Å². The predicted molar refractivity (Wildman–Crippen MR) is 111 cm³/mol. The number of para-hydroxylation sites is 1. The molecule has 0 aromatic heterocycles. The van der Waals surface area contributed by atoms with E-state index in [9.17, 15) is 0 Å². The van der Waals surface area contributed by atoms with Crippen LogP contribution in [0.15, 0.2) is 54.6 Å². The van der Waals surface area contributed by atoms with Gasteiger partial charge in [-0.2, -0.15) is 0 Å². The third kappa shape index (κ3) is 3.82. The Morgan fingerprint density at radius 2 is 1.73 bits per heavy atom. The zero-order chi connectivity index (χ0) is 18.7. The molecule has 26 heavy (non-hydrogen) atoms. The molecule has 0 bridgehead atoms. The number of rotatable bonds is 6. The van der Waals surface area contributed by atoms with Gasteiger partial charge in [0.15, 0.2) is 0 Å². The van der Waals surface area contributed by atoms with Gasteiger partial charge in [-0.15, -0.1) is 0 Å². The zero-order valence-corrected chi connectivity index (χ0v) is 16.6. The maximum Gasteiger partial charge on any atom is 0.142 e. The molecule has 1 aliphatic heterocycles. The summed E-state index contributed by atoms with van der Waals surface area (Å²) in [5.74, 6) is 1.67. The molecule has 2 aromatic carbocycles. The largest absolute Gasteiger partial charge is 0.481 e. The highest BCUT2D eigenvalue weighted by atomic mass is 35.5. The second-order valence-corrected chi connectivity index (χ2v) is 8.01. The van der Waals surface area contributed by atoms with E-state index < -0.39 is 5.60 Å². The van der Waals surface area contributed by atoms with Crippen LogP contribution in [0, 0.1) is 11.8 Å². The normalized spacial score (nSPS) is 20.3. The highest BCUT2D eigenvalue weighted by Crippen LogP contribution is 2.42. The maximum absolute atomic E-state index is 6.37. The molecule has 0 saturated carbocycles. The Hall–Kier alpha value is -1.77. The average molecular weight is 370 g/mol. The van der Waals surface area contributed by atoms with Gasteiger partial charge in [0.05, 0.1) is 0 Å². The third-order valence-electron chi connectivity index (χ3n) is 5.50. The molecule has 0 saturated heterocycles. The molecule has 2 nitrogen and oxygen atoms in total. The van der Waals surface area contributed by atoms with E-state index in [-0.39, 0.29) is 0 Å². The van der Waals surface area contributed by atoms with E-state index in [2.05, 4.69) is 57.2 Å². The highest BCUT2D eigenvalue weighted by Gasteiger charge is 2.38. The van der Waals surface area contributed by atoms with Gasteiger partial charge in [0.25, 0.3) is 0 Å². The van der Waals surface area contributed by atoms with Gasteiger partial charge in [-0.1, -0.05) is 62.7 Å². The van der Waals surface area contributed by atoms with Crippen molar-refractivity contribution in [1.29, 1.82) is 0 Å². The zero-order valence-electron chi connectivity index (χ0n) is 15.8.